The number of rotatable bonds is 3. The van der Waals surface area contributed by atoms with Gasteiger partial charge in [-0.1, -0.05) is 13.3 Å². The zero-order valence-corrected chi connectivity index (χ0v) is 11.1. The topological polar surface area (TPSA) is 42.2 Å². The standard InChI is InChI=1S/C14H20N4/c1-10-3-4-12(7-10)9-16-14-13-8-11(2)17-18(13)6-5-15-14/h5-6,8,10,12H,3-4,7,9H2,1-2H3,(H,15,16). The van der Waals surface area contributed by atoms with Crippen molar-refractivity contribution in [3.63, 3.8) is 0 Å². The van der Waals surface area contributed by atoms with E-state index in [1.54, 1.807) is 6.20 Å². The van der Waals surface area contributed by atoms with Gasteiger partial charge in [-0.2, -0.15) is 5.10 Å². The number of hydrogen-bond acceptors (Lipinski definition) is 3. The Morgan fingerprint density at radius 2 is 2.33 bits per heavy atom. The molecule has 3 rings (SSSR count). The summed E-state index contributed by atoms with van der Waals surface area (Å²) in [5.74, 6) is 2.64. The van der Waals surface area contributed by atoms with E-state index in [-0.39, 0.29) is 0 Å². The van der Waals surface area contributed by atoms with Gasteiger partial charge in [0.1, 0.15) is 5.52 Å². The van der Waals surface area contributed by atoms with Gasteiger partial charge in [-0.15, -0.1) is 0 Å². The van der Waals surface area contributed by atoms with Crippen LogP contribution in [0.3, 0.4) is 0 Å². The maximum atomic E-state index is 4.43. The molecule has 0 aliphatic heterocycles. The first kappa shape index (κ1) is 11.5. The number of aryl methyl sites for hydroxylation is 1. The lowest BCUT2D eigenvalue weighted by atomic mass is 10.1. The van der Waals surface area contributed by atoms with Crippen molar-refractivity contribution < 1.29 is 0 Å². The maximum Gasteiger partial charge on any atom is 0.152 e. The summed E-state index contributed by atoms with van der Waals surface area (Å²) in [7, 11) is 0. The Kier molecular flexibility index (Phi) is 2.94. The molecule has 2 atom stereocenters. The molecule has 4 heteroatoms. The fourth-order valence-electron chi connectivity index (χ4n) is 2.93. The Morgan fingerprint density at radius 1 is 1.44 bits per heavy atom. The normalized spacial score (nSPS) is 23.7. The largest absolute Gasteiger partial charge is 0.368 e. The van der Waals surface area contributed by atoms with Crippen molar-refractivity contribution in [1.29, 1.82) is 0 Å². The van der Waals surface area contributed by atoms with Gasteiger partial charge in [0.2, 0.25) is 0 Å². The first-order chi connectivity index (χ1) is 8.72. The van der Waals surface area contributed by atoms with Crippen molar-refractivity contribution in [3.8, 4) is 0 Å². The van der Waals surface area contributed by atoms with Gasteiger partial charge in [-0.3, -0.25) is 0 Å². The lowest BCUT2D eigenvalue weighted by molar-refractivity contribution is 0.536. The van der Waals surface area contributed by atoms with Crippen LogP contribution < -0.4 is 5.32 Å². The third kappa shape index (κ3) is 2.19. The lowest BCUT2D eigenvalue weighted by Gasteiger charge is -2.12. The Balaban J connectivity index is 1.74. The second-order valence-corrected chi connectivity index (χ2v) is 5.56. The summed E-state index contributed by atoms with van der Waals surface area (Å²) in [5, 5.41) is 7.89. The van der Waals surface area contributed by atoms with Crippen molar-refractivity contribution in [2.24, 2.45) is 11.8 Å². The number of anilines is 1. The Morgan fingerprint density at radius 3 is 3.11 bits per heavy atom. The molecule has 0 amide bonds. The van der Waals surface area contributed by atoms with E-state index in [1.807, 2.05) is 17.6 Å². The van der Waals surface area contributed by atoms with E-state index in [9.17, 15) is 0 Å². The van der Waals surface area contributed by atoms with Crippen molar-refractivity contribution in [2.45, 2.75) is 33.1 Å². The van der Waals surface area contributed by atoms with Crippen molar-refractivity contribution in [2.75, 3.05) is 11.9 Å². The van der Waals surface area contributed by atoms with Crippen LogP contribution in [0.1, 0.15) is 31.9 Å². The minimum atomic E-state index is 0.797. The molecule has 0 aromatic carbocycles. The van der Waals surface area contributed by atoms with E-state index in [2.05, 4.69) is 28.4 Å². The lowest BCUT2D eigenvalue weighted by Crippen LogP contribution is -2.13. The number of nitrogens with one attached hydrogen (secondary N) is 1. The molecule has 2 unspecified atom stereocenters. The number of aromatic nitrogens is 3. The minimum absolute atomic E-state index is 0.797. The van der Waals surface area contributed by atoms with Crippen molar-refractivity contribution in [1.82, 2.24) is 14.6 Å². The van der Waals surface area contributed by atoms with Crippen LogP contribution in [0.4, 0.5) is 5.82 Å². The molecule has 18 heavy (non-hydrogen) atoms. The molecule has 2 heterocycles. The van der Waals surface area contributed by atoms with Crippen LogP contribution in [-0.4, -0.2) is 21.1 Å². The zero-order valence-electron chi connectivity index (χ0n) is 11.1. The van der Waals surface area contributed by atoms with Crippen molar-refractivity contribution >= 4 is 11.3 Å². The highest BCUT2D eigenvalue weighted by molar-refractivity contribution is 5.67. The Labute approximate surface area is 107 Å². The third-order valence-electron chi connectivity index (χ3n) is 3.87. The van der Waals surface area contributed by atoms with Crippen LogP contribution in [0.5, 0.6) is 0 Å². The molecular formula is C14H20N4. The van der Waals surface area contributed by atoms with Crippen LogP contribution in [0.15, 0.2) is 18.5 Å². The Hall–Kier alpha value is -1.58. The predicted octanol–water partition coefficient (Wildman–Crippen LogP) is 2.89. The smallest absolute Gasteiger partial charge is 0.152 e. The first-order valence-electron chi connectivity index (χ1n) is 6.77. The van der Waals surface area contributed by atoms with E-state index in [1.165, 1.54) is 19.3 Å². The summed E-state index contributed by atoms with van der Waals surface area (Å²) in [4.78, 5) is 4.43. The monoisotopic (exact) mass is 244 g/mol. The van der Waals surface area contributed by atoms with E-state index in [0.29, 0.717) is 0 Å². The molecule has 0 spiro atoms. The highest BCUT2D eigenvalue weighted by Gasteiger charge is 2.21. The van der Waals surface area contributed by atoms with E-state index >= 15 is 0 Å². The van der Waals surface area contributed by atoms with Crippen LogP contribution in [-0.2, 0) is 0 Å². The van der Waals surface area contributed by atoms with Gasteiger partial charge in [0.25, 0.3) is 0 Å². The molecule has 1 aliphatic rings. The second kappa shape index (κ2) is 4.59. The zero-order chi connectivity index (χ0) is 12.5. The number of hydrogen-bond donors (Lipinski definition) is 1. The minimum Gasteiger partial charge on any atom is -0.368 e. The summed E-state index contributed by atoms with van der Waals surface area (Å²) in [5.41, 5.74) is 2.10. The van der Waals surface area contributed by atoms with Gasteiger partial charge in [-0.05, 0) is 37.7 Å². The van der Waals surface area contributed by atoms with Crippen LogP contribution >= 0.6 is 0 Å². The molecule has 0 bridgehead atoms. The highest BCUT2D eigenvalue weighted by atomic mass is 15.2. The van der Waals surface area contributed by atoms with E-state index < -0.39 is 0 Å². The summed E-state index contributed by atoms with van der Waals surface area (Å²) in [6.07, 6.45) is 7.75. The Bertz CT molecular complexity index is 546. The number of nitrogens with zero attached hydrogens (tertiary/aromatic N) is 3. The van der Waals surface area contributed by atoms with Gasteiger partial charge >= 0.3 is 0 Å². The molecule has 2 aromatic rings. The van der Waals surface area contributed by atoms with E-state index in [0.717, 1.165) is 35.4 Å². The molecule has 1 N–H and O–H groups in total. The molecule has 96 valence electrons. The molecule has 0 saturated heterocycles. The summed E-state index contributed by atoms with van der Waals surface area (Å²) in [6, 6.07) is 2.08. The van der Waals surface area contributed by atoms with Crippen molar-refractivity contribution in [3.05, 3.63) is 24.2 Å². The predicted molar refractivity (Wildman–Crippen MR) is 72.7 cm³/mol. The molecule has 1 aliphatic carbocycles. The summed E-state index contributed by atoms with van der Waals surface area (Å²) in [6.45, 7) is 5.38. The fraction of sp³-hybridized carbons (Fsp3) is 0.571. The van der Waals surface area contributed by atoms with Gasteiger partial charge in [0.15, 0.2) is 5.82 Å². The van der Waals surface area contributed by atoms with Gasteiger partial charge in [-0.25, -0.2) is 9.50 Å². The first-order valence-corrected chi connectivity index (χ1v) is 6.77. The average Bonchev–Trinajstić information content (AvgIpc) is 2.91. The summed E-state index contributed by atoms with van der Waals surface area (Å²) < 4.78 is 1.89. The molecule has 4 nitrogen and oxygen atoms in total. The molecular weight excluding hydrogens is 224 g/mol. The van der Waals surface area contributed by atoms with Gasteiger partial charge < -0.3 is 5.32 Å². The molecule has 2 aromatic heterocycles. The quantitative estimate of drug-likeness (QED) is 0.902. The fourth-order valence-corrected chi connectivity index (χ4v) is 2.93. The molecule has 0 radical (unpaired) electrons. The highest BCUT2D eigenvalue weighted by Crippen LogP contribution is 2.30. The molecule has 1 saturated carbocycles. The second-order valence-electron chi connectivity index (χ2n) is 5.56. The number of fused-ring (bicyclic) bond motifs is 1. The van der Waals surface area contributed by atoms with Crippen LogP contribution in [0.25, 0.3) is 5.52 Å². The maximum absolute atomic E-state index is 4.43. The third-order valence-corrected chi connectivity index (χ3v) is 3.87. The van der Waals surface area contributed by atoms with Gasteiger partial charge in [0.05, 0.1) is 5.69 Å². The SMILES string of the molecule is Cc1cc2c(NCC3CCC(C)C3)nccn2n1. The van der Waals surface area contributed by atoms with Crippen LogP contribution in [0, 0.1) is 18.8 Å². The summed E-state index contributed by atoms with van der Waals surface area (Å²) >= 11 is 0. The average molecular weight is 244 g/mol. The van der Waals surface area contributed by atoms with Crippen LogP contribution in [0.2, 0.25) is 0 Å². The van der Waals surface area contributed by atoms with Gasteiger partial charge in [0, 0.05) is 18.9 Å². The van der Waals surface area contributed by atoms with E-state index in [4.69, 9.17) is 0 Å². The molecule has 1 fully saturated rings.